The Labute approximate surface area is 210 Å². The van der Waals surface area contributed by atoms with Gasteiger partial charge in [-0.1, -0.05) is 54.1 Å². The summed E-state index contributed by atoms with van der Waals surface area (Å²) in [6.07, 6.45) is 7.46. The van der Waals surface area contributed by atoms with E-state index in [-0.39, 0.29) is 18.3 Å². The highest BCUT2D eigenvalue weighted by atomic mass is 16.5. The average Bonchev–Trinajstić information content (AvgIpc) is 3.35. The molecule has 2 aromatic carbocycles. The molecule has 36 heavy (non-hydrogen) atoms. The van der Waals surface area contributed by atoms with E-state index in [9.17, 15) is 9.59 Å². The average molecular weight is 478 g/mol. The first-order valence-electron chi connectivity index (χ1n) is 12.1. The molecule has 5 rings (SSSR count). The van der Waals surface area contributed by atoms with E-state index in [2.05, 4.69) is 17.1 Å². The molecule has 6 heteroatoms. The smallest absolute Gasteiger partial charge is 0.317 e. The van der Waals surface area contributed by atoms with E-state index in [0.29, 0.717) is 6.42 Å². The number of ether oxygens (including phenoxy) is 1. The van der Waals surface area contributed by atoms with E-state index in [1.807, 2.05) is 72.4 Å². The number of nitrogens with zero attached hydrogens (tertiary/aromatic N) is 3. The van der Waals surface area contributed by atoms with Crippen molar-refractivity contribution >= 4 is 17.3 Å². The highest BCUT2D eigenvalue weighted by Gasteiger charge is 2.40. The van der Waals surface area contributed by atoms with Crippen LogP contribution in [0.5, 0.6) is 0 Å². The lowest BCUT2D eigenvalue weighted by Gasteiger charge is -2.29. The number of rotatable bonds is 6. The molecule has 0 fully saturated rings. The Hall–Kier alpha value is -4.32. The summed E-state index contributed by atoms with van der Waals surface area (Å²) >= 11 is 0. The summed E-state index contributed by atoms with van der Waals surface area (Å²) in [5, 5.41) is 4.92. The van der Waals surface area contributed by atoms with Crippen LogP contribution in [0.3, 0.4) is 0 Å². The first kappa shape index (κ1) is 23.4. The van der Waals surface area contributed by atoms with E-state index in [1.165, 1.54) is 0 Å². The molecule has 2 aromatic heterocycles. The molecule has 0 amide bonds. The first-order chi connectivity index (χ1) is 17.5. The number of aryl methyl sites for hydroxylation is 1. The van der Waals surface area contributed by atoms with Crippen LogP contribution in [-0.4, -0.2) is 33.1 Å². The van der Waals surface area contributed by atoms with Gasteiger partial charge in [0.2, 0.25) is 0 Å². The van der Waals surface area contributed by atoms with Gasteiger partial charge in [-0.15, -0.1) is 0 Å². The number of hydrogen-bond acceptors (Lipinski definition) is 5. The van der Waals surface area contributed by atoms with Crippen LogP contribution in [0, 0.1) is 12.8 Å². The summed E-state index contributed by atoms with van der Waals surface area (Å²) in [5.41, 5.74) is 6.37. The summed E-state index contributed by atoms with van der Waals surface area (Å²) in [4.78, 5) is 30.5. The van der Waals surface area contributed by atoms with Gasteiger partial charge in [-0.05, 0) is 55.7 Å². The van der Waals surface area contributed by atoms with E-state index >= 15 is 0 Å². The third-order valence-electron chi connectivity index (χ3n) is 6.52. The Bertz CT molecular complexity index is 1410. The fraction of sp³-hybridized carbons (Fsp3) is 0.200. The second-order valence-corrected chi connectivity index (χ2v) is 8.94. The Morgan fingerprint density at radius 2 is 1.83 bits per heavy atom. The van der Waals surface area contributed by atoms with Crippen LogP contribution in [-0.2, 0) is 14.3 Å². The second-order valence-electron chi connectivity index (χ2n) is 8.94. The summed E-state index contributed by atoms with van der Waals surface area (Å²) in [6, 6.07) is 21.8. The van der Waals surface area contributed by atoms with Gasteiger partial charge in [0.15, 0.2) is 5.78 Å². The summed E-state index contributed by atoms with van der Waals surface area (Å²) in [7, 11) is 0. The molecule has 2 atom stereocenters. The maximum atomic E-state index is 13.4. The molecule has 1 aliphatic carbocycles. The van der Waals surface area contributed by atoms with Crippen LogP contribution in [0.1, 0.15) is 36.0 Å². The molecule has 4 aromatic rings. The molecule has 0 saturated heterocycles. The number of aromatic nitrogens is 3. The molecular weight excluding hydrogens is 450 g/mol. The highest BCUT2D eigenvalue weighted by molar-refractivity contribution is 6.11. The zero-order valence-corrected chi connectivity index (χ0v) is 20.3. The van der Waals surface area contributed by atoms with Crippen molar-refractivity contribution in [1.82, 2.24) is 14.8 Å². The van der Waals surface area contributed by atoms with Gasteiger partial charge in [-0.2, -0.15) is 5.10 Å². The van der Waals surface area contributed by atoms with Crippen molar-refractivity contribution in [1.29, 1.82) is 0 Å². The predicted octanol–water partition coefficient (Wildman–Crippen LogP) is 5.56. The van der Waals surface area contributed by atoms with Crippen LogP contribution in [0.25, 0.3) is 22.5 Å². The van der Waals surface area contributed by atoms with Gasteiger partial charge < -0.3 is 4.74 Å². The van der Waals surface area contributed by atoms with Crippen molar-refractivity contribution in [2.75, 3.05) is 6.61 Å². The number of carbonyl (C=O) groups is 2. The standard InChI is InChI=1S/C30H27N3O3/c1-3-36-30(35)28-25(22-8-7-15-31-18-22)16-23(17-27(28)34)26-19-33(24-9-5-4-6-10-24)32-29(26)21-13-11-20(2)12-14-21/h4-15,17-19,25,28H,3,16H2,1-2H3. The number of allylic oxidation sites excluding steroid dienone is 2. The number of ketones is 1. The van der Waals surface area contributed by atoms with Gasteiger partial charge in [-0.3, -0.25) is 14.6 Å². The third kappa shape index (κ3) is 4.62. The van der Waals surface area contributed by atoms with Crippen LogP contribution in [0.15, 0.2) is 91.4 Å². The molecule has 0 bridgehead atoms. The predicted molar refractivity (Wildman–Crippen MR) is 138 cm³/mol. The molecular formula is C30H27N3O3. The summed E-state index contributed by atoms with van der Waals surface area (Å²) in [5.74, 6) is -2.03. The van der Waals surface area contributed by atoms with Crippen LogP contribution in [0.4, 0.5) is 0 Å². The Morgan fingerprint density at radius 1 is 1.06 bits per heavy atom. The molecule has 0 N–H and O–H groups in total. The lowest BCUT2D eigenvalue weighted by molar-refractivity contribution is -0.151. The zero-order chi connectivity index (χ0) is 25.1. The van der Waals surface area contributed by atoms with Crippen LogP contribution in [0.2, 0.25) is 0 Å². The number of para-hydroxylation sites is 1. The normalized spacial score (nSPS) is 17.5. The minimum atomic E-state index is -0.898. The topological polar surface area (TPSA) is 74.1 Å². The van der Waals surface area contributed by atoms with E-state index in [0.717, 1.165) is 39.2 Å². The Morgan fingerprint density at radius 3 is 2.53 bits per heavy atom. The molecule has 0 radical (unpaired) electrons. The quantitative estimate of drug-likeness (QED) is 0.268. The minimum absolute atomic E-state index is 0.223. The van der Waals surface area contributed by atoms with Crippen molar-refractivity contribution in [2.45, 2.75) is 26.2 Å². The molecule has 0 saturated carbocycles. The molecule has 6 nitrogen and oxygen atoms in total. The Balaban J connectivity index is 1.63. The SMILES string of the molecule is CCOC(=O)C1C(=O)C=C(c2cn(-c3ccccc3)nc2-c2ccc(C)cc2)CC1c1cccnc1. The minimum Gasteiger partial charge on any atom is -0.465 e. The van der Waals surface area contributed by atoms with Crippen LogP contribution >= 0.6 is 0 Å². The van der Waals surface area contributed by atoms with Crippen molar-refractivity contribution in [2.24, 2.45) is 5.92 Å². The fourth-order valence-corrected chi connectivity index (χ4v) is 4.73. The second kappa shape index (κ2) is 10.1. The monoisotopic (exact) mass is 477 g/mol. The lowest BCUT2D eigenvalue weighted by atomic mass is 9.74. The number of carbonyl (C=O) groups excluding carboxylic acids is 2. The number of pyridine rings is 1. The molecule has 0 aliphatic heterocycles. The highest BCUT2D eigenvalue weighted by Crippen LogP contribution is 2.42. The maximum Gasteiger partial charge on any atom is 0.317 e. The lowest BCUT2D eigenvalue weighted by Crippen LogP contribution is -2.34. The van der Waals surface area contributed by atoms with Crippen molar-refractivity contribution in [3.63, 3.8) is 0 Å². The molecule has 180 valence electrons. The van der Waals surface area contributed by atoms with Gasteiger partial charge in [0.05, 0.1) is 12.3 Å². The van der Waals surface area contributed by atoms with Gasteiger partial charge in [0, 0.05) is 35.6 Å². The third-order valence-corrected chi connectivity index (χ3v) is 6.52. The fourth-order valence-electron chi connectivity index (χ4n) is 4.73. The van der Waals surface area contributed by atoms with Crippen molar-refractivity contribution in [3.8, 4) is 16.9 Å². The summed E-state index contributed by atoms with van der Waals surface area (Å²) < 4.78 is 7.12. The van der Waals surface area contributed by atoms with Crippen LogP contribution < -0.4 is 0 Å². The van der Waals surface area contributed by atoms with Gasteiger partial charge in [0.1, 0.15) is 11.6 Å². The molecule has 2 heterocycles. The van der Waals surface area contributed by atoms with Crippen molar-refractivity contribution in [3.05, 3.63) is 108 Å². The molecule has 0 spiro atoms. The largest absolute Gasteiger partial charge is 0.465 e. The van der Waals surface area contributed by atoms with E-state index in [1.54, 1.807) is 25.4 Å². The molecule has 1 aliphatic rings. The number of hydrogen-bond donors (Lipinski definition) is 0. The number of benzene rings is 2. The zero-order valence-electron chi connectivity index (χ0n) is 20.3. The van der Waals surface area contributed by atoms with Gasteiger partial charge in [0.25, 0.3) is 0 Å². The first-order valence-corrected chi connectivity index (χ1v) is 12.1. The maximum absolute atomic E-state index is 13.4. The van der Waals surface area contributed by atoms with Gasteiger partial charge in [-0.25, -0.2) is 4.68 Å². The molecule has 2 unspecified atom stereocenters. The Kier molecular flexibility index (Phi) is 6.58. The summed E-state index contributed by atoms with van der Waals surface area (Å²) in [6.45, 7) is 4.02. The van der Waals surface area contributed by atoms with Gasteiger partial charge >= 0.3 is 5.97 Å². The van der Waals surface area contributed by atoms with E-state index in [4.69, 9.17) is 9.84 Å². The van der Waals surface area contributed by atoms with Crippen molar-refractivity contribution < 1.29 is 14.3 Å². The van der Waals surface area contributed by atoms with E-state index < -0.39 is 11.9 Å². The number of esters is 1.